The van der Waals surface area contributed by atoms with Gasteiger partial charge in [-0.3, -0.25) is 4.57 Å². The van der Waals surface area contributed by atoms with E-state index in [1.165, 1.54) is 35.9 Å². The van der Waals surface area contributed by atoms with E-state index in [0.717, 1.165) is 0 Å². The van der Waals surface area contributed by atoms with E-state index in [9.17, 15) is 8.78 Å². The highest BCUT2D eigenvalue weighted by atomic mass is 35.5. The molecule has 0 saturated heterocycles. The van der Waals surface area contributed by atoms with Gasteiger partial charge in [0.25, 0.3) is 0 Å². The number of anilines is 1. The second-order valence-electron chi connectivity index (χ2n) is 4.38. The van der Waals surface area contributed by atoms with Gasteiger partial charge in [0.2, 0.25) is 5.95 Å². The maximum atomic E-state index is 13.8. The summed E-state index contributed by atoms with van der Waals surface area (Å²) in [4.78, 5) is 4.05. The molecule has 0 fully saturated rings. The maximum Gasteiger partial charge on any atom is 0.205 e. The highest BCUT2D eigenvalue weighted by Crippen LogP contribution is 2.29. The fourth-order valence-electron chi connectivity index (χ4n) is 2.16. The highest BCUT2D eigenvalue weighted by molar-refractivity contribution is 6.31. The lowest BCUT2D eigenvalue weighted by molar-refractivity contribution is 0.386. The third kappa shape index (κ3) is 2.17. The van der Waals surface area contributed by atoms with Crippen LogP contribution in [0.3, 0.4) is 0 Å². The van der Waals surface area contributed by atoms with Crippen LogP contribution in [0.5, 0.6) is 5.75 Å². The van der Waals surface area contributed by atoms with Crippen LogP contribution >= 0.6 is 11.6 Å². The van der Waals surface area contributed by atoms with Gasteiger partial charge in [0, 0.05) is 12.1 Å². The Bertz CT molecular complexity index is 848. The largest absolute Gasteiger partial charge is 0.494 e. The molecule has 0 unspecified atom stereocenters. The Morgan fingerprint density at radius 1 is 1.19 bits per heavy atom. The van der Waals surface area contributed by atoms with Crippen molar-refractivity contribution in [1.82, 2.24) is 9.55 Å². The zero-order valence-corrected chi connectivity index (χ0v) is 11.7. The Hall–Kier alpha value is -2.34. The van der Waals surface area contributed by atoms with Gasteiger partial charge < -0.3 is 10.5 Å². The number of fused-ring (bicyclic) bond motifs is 1. The zero-order valence-electron chi connectivity index (χ0n) is 10.9. The molecule has 7 heteroatoms. The van der Waals surface area contributed by atoms with Crippen LogP contribution in [0.4, 0.5) is 14.7 Å². The monoisotopic (exact) mass is 309 g/mol. The van der Waals surface area contributed by atoms with E-state index in [4.69, 9.17) is 22.1 Å². The number of hydrogen-bond donors (Lipinski definition) is 1. The Morgan fingerprint density at radius 3 is 2.62 bits per heavy atom. The van der Waals surface area contributed by atoms with Crippen LogP contribution in [-0.4, -0.2) is 16.7 Å². The van der Waals surface area contributed by atoms with Gasteiger partial charge in [-0.15, -0.1) is 0 Å². The van der Waals surface area contributed by atoms with Crippen LogP contribution in [0.1, 0.15) is 0 Å². The lowest BCUT2D eigenvalue weighted by Gasteiger charge is -2.09. The molecule has 21 heavy (non-hydrogen) atoms. The summed E-state index contributed by atoms with van der Waals surface area (Å²) in [5.74, 6) is -0.902. The van der Waals surface area contributed by atoms with E-state index in [1.807, 2.05) is 0 Å². The Morgan fingerprint density at radius 2 is 1.95 bits per heavy atom. The van der Waals surface area contributed by atoms with E-state index >= 15 is 0 Å². The van der Waals surface area contributed by atoms with Crippen LogP contribution in [-0.2, 0) is 0 Å². The number of hydrogen-bond acceptors (Lipinski definition) is 3. The minimum Gasteiger partial charge on any atom is -0.494 e. The zero-order chi connectivity index (χ0) is 15.1. The maximum absolute atomic E-state index is 13.8. The predicted molar refractivity (Wildman–Crippen MR) is 77.0 cm³/mol. The van der Waals surface area contributed by atoms with Gasteiger partial charge in [0.15, 0.2) is 11.6 Å². The molecule has 2 N–H and O–H groups in total. The van der Waals surface area contributed by atoms with Gasteiger partial charge in [-0.2, -0.15) is 0 Å². The van der Waals surface area contributed by atoms with E-state index < -0.39 is 11.6 Å². The summed E-state index contributed by atoms with van der Waals surface area (Å²) in [6, 6.07) is 6.94. The van der Waals surface area contributed by atoms with Crippen molar-refractivity contribution in [3.05, 3.63) is 47.0 Å². The number of rotatable bonds is 2. The lowest BCUT2D eigenvalue weighted by atomic mass is 10.2. The van der Waals surface area contributed by atoms with E-state index in [-0.39, 0.29) is 16.7 Å². The first-order valence-corrected chi connectivity index (χ1v) is 6.36. The molecule has 0 aliphatic rings. The quantitative estimate of drug-likeness (QED) is 0.787. The number of benzene rings is 2. The van der Waals surface area contributed by atoms with Crippen molar-refractivity contribution >= 4 is 28.6 Å². The number of ether oxygens (including phenoxy) is 1. The minimum atomic E-state index is -0.588. The van der Waals surface area contributed by atoms with Crippen molar-refractivity contribution in [2.24, 2.45) is 0 Å². The van der Waals surface area contributed by atoms with Crippen molar-refractivity contribution < 1.29 is 13.5 Å². The SMILES string of the molecule is COc1ccc(-n2c(N)nc3cc(F)c(Cl)cc32)cc1F. The van der Waals surface area contributed by atoms with E-state index in [1.54, 1.807) is 6.07 Å². The van der Waals surface area contributed by atoms with E-state index in [0.29, 0.717) is 16.7 Å². The van der Waals surface area contributed by atoms with Crippen molar-refractivity contribution in [3.63, 3.8) is 0 Å². The number of nitrogen functional groups attached to an aromatic ring is 1. The van der Waals surface area contributed by atoms with Crippen LogP contribution in [0.15, 0.2) is 30.3 Å². The Kier molecular flexibility index (Phi) is 3.17. The minimum absolute atomic E-state index is 0.0577. The average Bonchev–Trinajstić information content (AvgIpc) is 2.74. The number of nitrogens with two attached hydrogens (primary N) is 1. The molecule has 3 aromatic rings. The topological polar surface area (TPSA) is 53.1 Å². The summed E-state index contributed by atoms with van der Waals surface area (Å²) < 4.78 is 33.6. The van der Waals surface area contributed by atoms with Crippen LogP contribution in [0, 0.1) is 11.6 Å². The van der Waals surface area contributed by atoms with Gasteiger partial charge in [-0.25, -0.2) is 13.8 Å². The van der Waals surface area contributed by atoms with Gasteiger partial charge in [0.1, 0.15) is 5.82 Å². The molecule has 0 saturated carbocycles. The first kappa shape index (κ1) is 13.6. The third-order valence-electron chi connectivity index (χ3n) is 3.12. The normalized spacial score (nSPS) is 11.0. The van der Waals surface area contributed by atoms with Crippen molar-refractivity contribution in [3.8, 4) is 11.4 Å². The number of methoxy groups -OCH3 is 1. The first-order valence-electron chi connectivity index (χ1n) is 5.98. The molecule has 1 heterocycles. The number of halogens is 3. The van der Waals surface area contributed by atoms with E-state index in [2.05, 4.69) is 4.98 Å². The van der Waals surface area contributed by atoms with Gasteiger partial charge in [-0.1, -0.05) is 11.6 Å². The summed E-state index contributed by atoms with van der Waals surface area (Å²) in [7, 11) is 1.38. The molecule has 0 spiro atoms. The Balaban J connectivity index is 2.27. The molecule has 3 rings (SSSR count). The fourth-order valence-corrected chi connectivity index (χ4v) is 2.31. The van der Waals surface area contributed by atoms with Crippen LogP contribution < -0.4 is 10.5 Å². The smallest absolute Gasteiger partial charge is 0.205 e. The molecule has 1 aromatic heterocycles. The van der Waals surface area contributed by atoms with Crippen molar-refractivity contribution in [2.75, 3.05) is 12.8 Å². The summed E-state index contributed by atoms with van der Waals surface area (Å²) in [5.41, 5.74) is 7.11. The van der Waals surface area contributed by atoms with Crippen LogP contribution in [0.25, 0.3) is 16.7 Å². The predicted octanol–water partition coefficient (Wildman–Crippen LogP) is 3.55. The first-order chi connectivity index (χ1) is 10.0. The summed E-state index contributed by atoms with van der Waals surface area (Å²) >= 11 is 5.78. The standard InChI is InChI=1S/C14H10ClF2N3O/c1-21-13-3-2-7(4-10(13)17)20-12-5-8(15)9(16)6-11(12)19-14(20)18/h2-6H,1H3,(H2,18,19). The summed E-state index contributed by atoms with van der Waals surface area (Å²) in [5, 5.41) is -0.0577. The molecular weight excluding hydrogens is 300 g/mol. The molecule has 4 nitrogen and oxygen atoms in total. The molecular formula is C14H10ClF2N3O. The summed E-state index contributed by atoms with van der Waals surface area (Å²) in [6.45, 7) is 0. The average molecular weight is 310 g/mol. The molecule has 0 radical (unpaired) electrons. The van der Waals surface area contributed by atoms with Crippen molar-refractivity contribution in [1.29, 1.82) is 0 Å². The molecule has 0 amide bonds. The molecule has 2 aromatic carbocycles. The molecule has 0 aliphatic heterocycles. The molecule has 0 bridgehead atoms. The molecule has 108 valence electrons. The van der Waals surface area contributed by atoms with Crippen molar-refractivity contribution in [2.45, 2.75) is 0 Å². The van der Waals surface area contributed by atoms with Gasteiger partial charge in [0.05, 0.1) is 28.9 Å². The fraction of sp³-hybridized carbons (Fsp3) is 0.0714. The molecule has 0 aliphatic carbocycles. The second kappa shape index (κ2) is 4.89. The third-order valence-corrected chi connectivity index (χ3v) is 3.41. The van der Waals surface area contributed by atoms with Gasteiger partial charge in [-0.05, 0) is 18.2 Å². The lowest BCUT2D eigenvalue weighted by Crippen LogP contribution is -2.01. The molecule has 0 atom stereocenters. The Labute approximate surface area is 123 Å². The number of aromatic nitrogens is 2. The van der Waals surface area contributed by atoms with Gasteiger partial charge >= 0.3 is 0 Å². The number of imidazole rings is 1. The summed E-state index contributed by atoms with van der Waals surface area (Å²) in [6.07, 6.45) is 0. The number of nitrogens with zero attached hydrogens (tertiary/aromatic N) is 2. The van der Waals surface area contributed by atoms with Crippen LogP contribution in [0.2, 0.25) is 5.02 Å². The highest BCUT2D eigenvalue weighted by Gasteiger charge is 2.14. The second-order valence-corrected chi connectivity index (χ2v) is 4.79.